The number of carbonyl (C=O) groups excluding carboxylic acids is 1. The Morgan fingerprint density at radius 1 is 1.03 bits per heavy atom. The molecule has 6 nitrogen and oxygen atoms in total. The lowest BCUT2D eigenvalue weighted by Gasteiger charge is -2.33. The Kier molecular flexibility index (Phi) is 5.99. The molecule has 1 aliphatic heterocycles. The molecule has 0 atom stereocenters. The summed E-state index contributed by atoms with van der Waals surface area (Å²) in [6, 6.07) is 13.8. The van der Waals surface area contributed by atoms with Crippen LogP contribution in [0.5, 0.6) is 0 Å². The average Bonchev–Trinajstić information content (AvgIpc) is 2.75. The molecule has 2 aromatic heterocycles. The first kappa shape index (κ1) is 20.0. The van der Waals surface area contributed by atoms with Gasteiger partial charge in [0.25, 0.3) is 0 Å². The van der Waals surface area contributed by atoms with Crippen molar-refractivity contribution < 1.29 is 9.18 Å². The number of hydrogen-bond acceptors (Lipinski definition) is 5. The lowest BCUT2D eigenvalue weighted by atomic mass is 10.1. The minimum Gasteiger partial charge on any atom is -0.354 e. The number of carbonyl (C=O) groups is 1. The number of hydrogen-bond donors (Lipinski definition) is 1. The summed E-state index contributed by atoms with van der Waals surface area (Å²) >= 11 is 0. The fourth-order valence-corrected chi connectivity index (χ4v) is 3.46. The van der Waals surface area contributed by atoms with E-state index in [1.165, 1.54) is 12.1 Å². The Balaban J connectivity index is 1.41. The van der Waals surface area contributed by atoms with E-state index in [2.05, 4.69) is 38.2 Å². The molecule has 30 heavy (non-hydrogen) atoms. The van der Waals surface area contributed by atoms with Crippen molar-refractivity contribution in [2.45, 2.75) is 6.42 Å². The Morgan fingerprint density at radius 2 is 1.87 bits per heavy atom. The molecule has 0 bridgehead atoms. The van der Waals surface area contributed by atoms with Gasteiger partial charge in [0.15, 0.2) is 0 Å². The molecule has 1 aliphatic rings. The van der Waals surface area contributed by atoms with Gasteiger partial charge in [0.1, 0.15) is 17.5 Å². The van der Waals surface area contributed by atoms with E-state index in [9.17, 15) is 9.18 Å². The molecule has 3 aromatic rings. The molecule has 0 spiro atoms. The molecule has 0 aliphatic carbocycles. The van der Waals surface area contributed by atoms with Crippen LogP contribution in [-0.4, -0.2) is 54.0 Å². The maximum atomic E-state index is 13.3. The minimum atomic E-state index is -0.351. The second kappa shape index (κ2) is 9.00. The van der Waals surface area contributed by atoms with Crippen molar-refractivity contribution in [3.8, 4) is 11.1 Å². The van der Waals surface area contributed by atoms with E-state index in [-0.39, 0.29) is 18.1 Å². The minimum absolute atomic E-state index is 0.0972. The summed E-state index contributed by atoms with van der Waals surface area (Å²) in [5, 5.41) is 2.76. The number of benzene rings is 1. The summed E-state index contributed by atoms with van der Waals surface area (Å²) in [6.07, 6.45) is 3.65. The van der Waals surface area contributed by atoms with Gasteiger partial charge >= 0.3 is 0 Å². The third kappa shape index (κ3) is 4.99. The van der Waals surface area contributed by atoms with E-state index in [0.717, 1.165) is 43.1 Å². The van der Waals surface area contributed by atoms with Crippen molar-refractivity contribution in [3.63, 3.8) is 0 Å². The van der Waals surface area contributed by atoms with Crippen LogP contribution in [-0.2, 0) is 11.2 Å². The van der Waals surface area contributed by atoms with Crippen LogP contribution in [0.1, 0.15) is 5.56 Å². The number of amides is 1. The van der Waals surface area contributed by atoms with Gasteiger partial charge in [0.2, 0.25) is 5.91 Å². The van der Waals surface area contributed by atoms with Crippen LogP contribution >= 0.6 is 0 Å². The van der Waals surface area contributed by atoms with Crippen molar-refractivity contribution in [1.29, 1.82) is 0 Å². The Bertz CT molecular complexity index is 1020. The second-order valence-electron chi connectivity index (χ2n) is 7.48. The third-order valence-corrected chi connectivity index (χ3v) is 5.19. The molecule has 1 saturated heterocycles. The summed E-state index contributed by atoms with van der Waals surface area (Å²) in [6.45, 7) is 3.97. The van der Waals surface area contributed by atoms with Gasteiger partial charge in [-0.2, -0.15) is 0 Å². The molecule has 4 rings (SSSR count). The predicted molar refractivity (Wildman–Crippen MR) is 116 cm³/mol. The topological polar surface area (TPSA) is 61.4 Å². The number of nitrogens with zero attached hydrogens (tertiary/aromatic N) is 4. The highest BCUT2D eigenvalue weighted by molar-refractivity contribution is 5.91. The van der Waals surface area contributed by atoms with Gasteiger partial charge in [0, 0.05) is 44.1 Å². The van der Waals surface area contributed by atoms with Gasteiger partial charge in [0.05, 0.1) is 6.42 Å². The van der Waals surface area contributed by atoms with Gasteiger partial charge in [-0.1, -0.05) is 12.1 Å². The maximum absolute atomic E-state index is 13.3. The molecule has 0 saturated carbocycles. The molecule has 0 radical (unpaired) electrons. The lowest BCUT2D eigenvalue weighted by molar-refractivity contribution is -0.115. The monoisotopic (exact) mass is 405 g/mol. The van der Waals surface area contributed by atoms with Gasteiger partial charge in [-0.25, -0.2) is 14.4 Å². The van der Waals surface area contributed by atoms with E-state index in [4.69, 9.17) is 0 Å². The number of halogens is 1. The number of anilines is 2. The SMILES string of the molecule is CN1CCN(c2cc(-c3ccc(NC(=O)Cc4cccc(F)c4)nc3)ccn2)CC1. The van der Waals surface area contributed by atoms with Crippen molar-refractivity contribution in [2.75, 3.05) is 43.4 Å². The van der Waals surface area contributed by atoms with Crippen LogP contribution in [0.4, 0.5) is 16.0 Å². The molecule has 0 unspecified atom stereocenters. The Labute approximate surface area is 175 Å². The highest BCUT2D eigenvalue weighted by Crippen LogP contribution is 2.24. The number of aromatic nitrogens is 2. The molecule has 1 aromatic carbocycles. The highest BCUT2D eigenvalue weighted by Gasteiger charge is 2.15. The smallest absolute Gasteiger partial charge is 0.229 e. The van der Waals surface area contributed by atoms with Crippen LogP contribution in [0.15, 0.2) is 60.9 Å². The predicted octanol–water partition coefficient (Wildman–Crippen LogP) is 3.22. The summed E-state index contributed by atoms with van der Waals surface area (Å²) in [7, 11) is 2.13. The quantitative estimate of drug-likeness (QED) is 0.706. The van der Waals surface area contributed by atoms with Crippen molar-refractivity contribution in [2.24, 2.45) is 0 Å². The number of likely N-dealkylation sites (N-methyl/N-ethyl adjacent to an activating group) is 1. The average molecular weight is 405 g/mol. The summed E-state index contributed by atoms with van der Waals surface area (Å²) < 4.78 is 13.3. The van der Waals surface area contributed by atoms with Crippen molar-refractivity contribution >= 4 is 17.5 Å². The van der Waals surface area contributed by atoms with Gasteiger partial charge in [-0.05, 0) is 54.6 Å². The van der Waals surface area contributed by atoms with Gasteiger partial charge in [-0.15, -0.1) is 0 Å². The summed E-state index contributed by atoms with van der Waals surface area (Å²) in [5.74, 6) is 0.847. The fraction of sp³-hybridized carbons (Fsp3) is 0.261. The Hall–Kier alpha value is -3.32. The molecule has 1 N–H and O–H groups in total. The number of nitrogens with one attached hydrogen (secondary N) is 1. The van der Waals surface area contributed by atoms with Crippen molar-refractivity contribution in [3.05, 3.63) is 72.3 Å². The standard InChI is InChI=1S/C23H24FN5O/c1-28-9-11-29(12-10-28)22-15-18(7-8-25-22)19-5-6-21(26-16-19)27-23(30)14-17-3-2-4-20(24)13-17/h2-8,13,15-16H,9-12,14H2,1H3,(H,26,27,30). The molecule has 154 valence electrons. The summed E-state index contributed by atoms with van der Waals surface area (Å²) in [4.78, 5) is 25.7. The van der Waals surface area contributed by atoms with Crippen molar-refractivity contribution in [1.82, 2.24) is 14.9 Å². The summed E-state index contributed by atoms with van der Waals surface area (Å²) in [5.41, 5.74) is 2.61. The maximum Gasteiger partial charge on any atom is 0.229 e. The zero-order valence-corrected chi connectivity index (χ0v) is 16.9. The van der Waals surface area contributed by atoms with Crippen LogP contribution < -0.4 is 10.2 Å². The number of pyridine rings is 2. The zero-order chi connectivity index (χ0) is 20.9. The highest BCUT2D eigenvalue weighted by atomic mass is 19.1. The molecule has 3 heterocycles. The van der Waals surface area contributed by atoms with Crippen LogP contribution in [0.3, 0.4) is 0 Å². The van der Waals surface area contributed by atoms with Gasteiger partial charge in [-0.3, -0.25) is 4.79 Å². The number of rotatable bonds is 5. The molecule has 1 fully saturated rings. The van der Waals surface area contributed by atoms with Crippen LogP contribution in [0.25, 0.3) is 11.1 Å². The first-order chi connectivity index (χ1) is 14.6. The van der Waals surface area contributed by atoms with E-state index >= 15 is 0 Å². The van der Waals surface area contributed by atoms with Crippen LogP contribution in [0.2, 0.25) is 0 Å². The molecule has 7 heteroatoms. The van der Waals surface area contributed by atoms with E-state index < -0.39 is 0 Å². The molecular weight excluding hydrogens is 381 g/mol. The Morgan fingerprint density at radius 3 is 2.60 bits per heavy atom. The largest absolute Gasteiger partial charge is 0.354 e. The number of piperazine rings is 1. The second-order valence-corrected chi connectivity index (χ2v) is 7.48. The van der Waals surface area contributed by atoms with E-state index in [1.54, 1.807) is 24.4 Å². The first-order valence-electron chi connectivity index (χ1n) is 9.97. The van der Waals surface area contributed by atoms with Crippen LogP contribution in [0, 0.1) is 5.82 Å². The molecular formula is C23H24FN5O. The first-order valence-corrected chi connectivity index (χ1v) is 9.97. The fourth-order valence-electron chi connectivity index (χ4n) is 3.46. The zero-order valence-electron chi connectivity index (χ0n) is 16.9. The lowest BCUT2D eigenvalue weighted by Crippen LogP contribution is -2.44. The normalized spacial score (nSPS) is 14.5. The molecule has 1 amide bonds. The third-order valence-electron chi connectivity index (χ3n) is 5.19. The van der Waals surface area contributed by atoms with E-state index in [0.29, 0.717) is 11.4 Å². The van der Waals surface area contributed by atoms with E-state index in [1.807, 2.05) is 18.3 Å². The van der Waals surface area contributed by atoms with Gasteiger partial charge < -0.3 is 15.1 Å².